The fourth-order valence-electron chi connectivity index (χ4n) is 7.66. The average molecular weight is 659 g/mol. The minimum absolute atomic E-state index is 0.0823. The van der Waals surface area contributed by atoms with E-state index in [2.05, 4.69) is 26.3 Å². The number of hydrogen-bond donors (Lipinski definition) is 4. The zero-order chi connectivity index (χ0) is 33.2. The highest BCUT2D eigenvalue weighted by atomic mass is 32.1. The summed E-state index contributed by atoms with van der Waals surface area (Å²) in [5, 5.41) is 11.3. The number of nitrogens with zero attached hydrogens (tertiary/aromatic N) is 2. The van der Waals surface area contributed by atoms with E-state index in [1.807, 2.05) is 30.3 Å². The summed E-state index contributed by atoms with van der Waals surface area (Å²) in [5.74, 6) is -0.637. The van der Waals surface area contributed by atoms with Gasteiger partial charge in [0.2, 0.25) is 17.6 Å². The standard InChI is InChI=1S/C34H38N6O6S/c1-18-29(47-33(36-18)20-7-4-3-5-8-20)32(45)37-24(10-11-26(41)31(44)35-2)30(43)38-25-9-6-12-40(34(25)46)17-27(42)39-28-22-14-19-13-21(16-22)23(28)15-19/h3-9,12,19,21-24,28H,10-11,13-17H2,1-2H3,(H,35,44)(H,37,45)(H,38,43)(H,39,42)/t19?,21?,22?,23?,24-,28?/m0/s1. The van der Waals surface area contributed by atoms with Crippen LogP contribution in [0.1, 0.15) is 53.9 Å². The van der Waals surface area contributed by atoms with Crippen LogP contribution < -0.4 is 26.8 Å². The number of aromatic nitrogens is 2. The van der Waals surface area contributed by atoms with Gasteiger partial charge >= 0.3 is 0 Å². The van der Waals surface area contributed by atoms with Gasteiger partial charge in [-0.15, -0.1) is 11.3 Å². The van der Waals surface area contributed by atoms with Gasteiger partial charge in [-0.2, -0.15) is 0 Å². The number of anilines is 1. The molecule has 5 unspecified atom stereocenters. The van der Waals surface area contributed by atoms with Gasteiger partial charge in [0.15, 0.2) is 0 Å². The topological polar surface area (TPSA) is 168 Å². The summed E-state index contributed by atoms with van der Waals surface area (Å²) in [6.45, 7) is 1.49. The Morgan fingerprint density at radius 1 is 1.00 bits per heavy atom. The van der Waals surface area contributed by atoms with Gasteiger partial charge in [0.05, 0.1) is 5.69 Å². The number of Topliss-reactive ketones (excluding diaryl/α,β-unsaturated/α-hetero) is 1. The highest BCUT2D eigenvalue weighted by Crippen LogP contribution is 2.58. The number of carbonyl (C=O) groups excluding carboxylic acids is 5. The predicted molar refractivity (Wildman–Crippen MR) is 176 cm³/mol. The van der Waals surface area contributed by atoms with Crippen LogP contribution in [0.25, 0.3) is 10.6 Å². The number of pyridine rings is 1. The third kappa shape index (κ3) is 6.90. The number of nitrogens with one attached hydrogen (secondary N) is 4. The fourth-order valence-corrected chi connectivity index (χ4v) is 8.63. The molecular formula is C34H38N6O6S. The Bertz CT molecular complexity index is 1770. The lowest BCUT2D eigenvalue weighted by atomic mass is 9.79. The molecule has 4 fully saturated rings. The molecule has 0 radical (unpaired) electrons. The Hall–Kier alpha value is -4.65. The summed E-state index contributed by atoms with van der Waals surface area (Å²) in [6.07, 6.45) is 5.72. The number of aryl methyl sites for hydroxylation is 1. The number of amides is 4. The number of thiazole rings is 1. The van der Waals surface area contributed by atoms with E-state index >= 15 is 0 Å². The number of rotatable bonds is 12. The lowest BCUT2D eigenvalue weighted by Gasteiger charge is -2.32. The van der Waals surface area contributed by atoms with Crippen LogP contribution in [0.15, 0.2) is 53.5 Å². The Kier molecular flexibility index (Phi) is 9.35. The first kappa shape index (κ1) is 32.3. The summed E-state index contributed by atoms with van der Waals surface area (Å²) in [5.41, 5.74) is 0.638. The number of hydrogen-bond acceptors (Lipinski definition) is 8. The van der Waals surface area contributed by atoms with Crippen LogP contribution in [0, 0.1) is 30.6 Å². The molecule has 4 aliphatic carbocycles. The molecule has 4 saturated carbocycles. The number of ketones is 1. The van der Waals surface area contributed by atoms with Gasteiger partial charge in [0.25, 0.3) is 17.4 Å². The molecule has 0 saturated heterocycles. The molecule has 0 spiro atoms. The molecule has 246 valence electrons. The monoisotopic (exact) mass is 658 g/mol. The third-order valence-electron chi connectivity index (χ3n) is 9.76. The van der Waals surface area contributed by atoms with E-state index in [-0.39, 0.29) is 41.9 Å². The van der Waals surface area contributed by atoms with Crippen LogP contribution in [0.4, 0.5) is 5.69 Å². The Labute approximate surface area is 275 Å². The minimum atomic E-state index is -1.26. The highest BCUT2D eigenvalue weighted by Gasteiger charge is 2.54. The molecule has 4 bridgehead atoms. The lowest BCUT2D eigenvalue weighted by Crippen LogP contribution is -2.46. The Balaban J connectivity index is 1.14. The van der Waals surface area contributed by atoms with E-state index in [0.717, 1.165) is 42.1 Å². The van der Waals surface area contributed by atoms with Crippen LogP contribution in [0.5, 0.6) is 0 Å². The van der Waals surface area contributed by atoms with Crippen LogP contribution >= 0.6 is 11.3 Å². The van der Waals surface area contributed by atoms with Crippen molar-refractivity contribution in [3.63, 3.8) is 0 Å². The zero-order valence-electron chi connectivity index (χ0n) is 26.3. The summed E-state index contributed by atoms with van der Waals surface area (Å²) in [7, 11) is 1.33. The number of benzene rings is 1. The Morgan fingerprint density at radius 3 is 2.51 bits per heavy atom. The van der Waals surface area contributed by atoms with E-state index in [0.29, 0.717) is 28.5 Å². The van der Waals surface area contributed by atoms with Crippen molar-refractivity contribution in [1.29, 1.82) is 0 Å². The van der Waals surface area contributed by atoms with Crippen LogP contribution in [0.3, 0.4) is 0 Å². The molecule has 4 amide bonds. The summed E-state index contributed by atoms with van der Waals surface area (Å²) < 4.78 is 1.24. The van der Waals surface area contributed by atoms with E-state index in [1.165, 1.54) is 30.3 Å². The van der Waals surface area contributed by atoms with Crippen LogP contribution in [-0.4, -0.2) is 58.1 Å². The molecule has 1 aromatic carbocycles. The summed E-state index contributed by atoms with van der Waals surface area (Å²) in [4.78, 5) is 82.2. The summed E-state index contributed by atoms with van der Waals surface area (Å²) in [6, 6.07) is 11.2. The number of carbonyl (C=O) groups is 5. The molecule has 2 heterocycles. The molecule has 7 rings (SSSR count). The molecule has 4 N–H and O–H groups in total. The van der Waals surface area contributed by atoms with Crippen molar-refractivity contribution in [3.8, 4) is 10.6 Å². The predicted octanol–water partition coefficient (Wildman–Crippen LogP) is 2.66. The lowest BCUT2D eigenvalue weighted by molar-refractivity contribution is -0.137. The second-order valence-electron chi connectivity index (χ2n) is 12.8. The molecule has 2 aromatic heterocycles. The summed E-state index contributed by atoms with van der Waals surface area (Å²) >= 11 is 1.16. The van der Waals surface area contributed by atoms with Crippen molar-refractivity contribution in [1.82, 2.24) is 25.5 Å². The Morgan fingerprint density at radius 2 is 1.77 bits per heavy atom. The first-order valence-corrected chi connectivity index (χ1v) is 16.8. The molecule has 12 nitrogen and oxygen atoms in total. The third-order valence-corrected chi connectivity index (χ3v) is 11.0. The van der Waals surface area contributed by atoms with Crippen molar-refractivity contribution in [2.45, 2.75) is 64.1 Å². The van der Waals surface area contributed by atoms with Gasteiger partial charge in [0, 0.05) is 31.3 Å². The maximum atomic E-state index is 13.5. The van der Waals surface area contributed by atoms with Crippen molar-refractivity contribution in [3.05, 3.63) is 69.6 Å². The largest absolute Gasteiger partial charge is 0.353 e. The van der Waals surface area contributed by atoms with Gasteiger partial charge < -0.3 is 25.8 Å². The second-order valence-corrected chi connectivity index (χ2v) is 13.8. The molecule has 13 heteroatoms. The van der Waals surface area contributed by atoms with Crippen molar-refractivity contribution < 1.29 is 24.0 Å². The van der Waals surface area contributed by atoms with Gasteiger partial charge in [0.1, 0.15) is 28.2 Å². The average Bonchev–Trinajstić information content (AvgIpc) is 3.67. The maximum Gasteiger partial charge on any atom is 0.287 e. The van der Waals surface area contributed by atoms with Gasteiger partial charge in [-0.25, -0.2) is 4.98 Å². The molecule has 0 aliphatic heterocycles. The van der Waals surface area contributed by atoms with Gasteiger partial charge in [-0.05, 0) is 74.8 Å². The van der Waals surface area contributed by atoms with Crippen LogP contribution in [0.2, 0.25) is 0 Å². The van der Waals surface area contributed by atoms with Gasteiger partial charge in [-0.1, -0.05) is 30.3 Å². The van der Waals surface area contributed by atoms with E-state index in [1.54, 1.807) is 13.0 Å². The SMILES string of the molecule is CNC(=O)C(=O)CC[C@H](NC(=O)c1sc(-c2ccccc2)nc1C)C(=O)Nc1cccn(CC(=O)NC2C3CC4CC(C3)C2C4)c1=O. The molecule has 6 atom stereocenters. The smallest absolute Gasteiger partial charge is 0.287 e. The van der Waals surface area contributed by atoms with Crippen molar-refractivity contribution >= 4 is 46.4 Å². The van der Waals surface area contributed by atoms with Crippen molar-refractivity contribution in [2.75, 3.05) is 12.4 Å². The van der Waals surface area contributed by atoms with E-state index in [9.17, 15) is 28.8 Å². The quantitative estimate of drug-likeness (QED) is 0.217. The first-order valence-electron chi connectivity index (χ1n) is 16.0. The highest BCUT2D eigenvalue weighted by molar-refractivity contribution is 7.17. The molecular weight excluding hydrogens is 620 g/mol. The van der Waals surface area contributed by atoms with Crippen LogP contribution in [-0.2, 0) is 25.7 Å². The van der Waals surface area contributed by atoms with Gasteiger partial charge in [-0.3, -0.25) is 28.8 Å². The van der Waals surface area contributed by atoms with Crippen molar-refractivity contribution in [2.24, 2.45) is 23.7 Å². The first-order chi connectivity index (χ1) is 22.6. The zero-order valence-corrected chi connectivity index (χ0v) is 27.1. The normalized spacial score (nSPS) is 22.8. The van der Waals surface area contributed by atoms with E-state index in [4.69, 9.17) is 0 Å². The minimum Gasteiger partial charge on any atom is -0.353 e. The molecule has 4 aliphatic rings. The molecule has 3 aromatic rings. The number of likely N-dealkylation sites (N-methyl/N-ethyl adjacent to an activating group) is 1. The molecule has 47 heavy (non-hydrogen) atoms. The maximum absolute atomic E-state index is 13.5. The second kappa shape index (κ2) is 13.6. The fraction of sp³-hybridized carbons (Fsp3) is 0.441. The van der Waals surface area contributed by atoms with E-state index < -0.39 is 35.1 Å².